The van der Waals surface area contributed by atoms with E-state index in [1.54, 1.807) is 19.1 Å². The van der Waals surface area contributed by atoms with E-state index in [-0.39, 0.29) is 12.2 Å². The fourth-order valence-corrected chi connectivity index (χ4v) is 2.45. The van der Waals surface area contributed by atoms with E-state index in [1.807, 2.05) is 26.2 Å². The van der Waals surface area contributed by atoms with E-state index in [2.05, 4.69) is 15.4 Å². The first-order valence-electron chi connectivity index (χ1n) is 6.70. The summed E-state index contributed by atoms with van der Waals surface area (Å²) in [6, 6.07) is 6.84. The van der Waals surface area contributed by atoms with Gasteiger partial charge >= 0.3 is 0 Å². The lowest BCUT2D eigenvalue weighted by atomic mass is 10.0. The second-order valence-electron chi connectivity index (χ2n) is 5.37. The molecule has 6 N–H and O–H groups in total. The first-order chi connectivity index (χ1) is 9.70. The number of hydrazone groups is 1. The number of hydrogen-bond donors (Lipinski definition) is 3. The van der Waals surface area contributed by atoms with E-state index in [9.17, 15) is 8.42 Å². The van der Waals surface area contributed by atoms with Crippen LogP contribution in [0.3, 0.4) is 0 Å². The van der Waals surface area contributed by atoms with Crippen LogP contribution in [-0.4, -0.2) is 46.0 Å². The molecule has 126 valence electrons. The molecule has 8 heteroatoms. The largest absolute Gasteiger partial charge is 0.386 e. The maximum atomic E-state index is 11.5. The molecule has 0 aliphatic carbocycles. The fraction of sp³-hybridized carbons (Fsp3) is 0.500. The maximum absolute atomic E-state index is 11.5. The fourth-order valence-electron chi connectivity index (χ4n) is 1.82. The van der Waals surface area contributed by atoms with Crippen LogP contribution in [0.4, 0.5) is 0 Å². The van der Waals surface area contributed by atoms with Crippen LogP contribution in [0, 0.1) is 0 Å². The summed E-state index contributed by atoms with van der Waals surface area (Å²) in [6.07, 6.45) is 2.04. The molecule has 0 aliphatic rings. The summed E-state index contributed by atoms with van der Waals surface area (Å²) in [6.45, 7) is 2.59. The van der Waals surface area contributed by atoms with E-state index in [4.69, 9.17) is 5.73 Å². The van der Waals surface area contributed by atoms with Crippen molar-refractivity contribution in [3.8, 4) is 0 Å². The van der Waals surface area contributed by atoms with Gasteiger partial charge in [-0.2, -0.15) is 5.10 Å². The van der Waals surface area contributed by atoms with Gasteiger partial charge in [-0.3, -0.25) is 0 Å². The molecule has 0 heterocycles. The molecule has 0 saturated carbocycles. The molecule has 0 radical (unpaired) electrons. The van der Waals surface area contributed by atoms with Gasteiger partial charge in [0, 0.05) is 6.26 Å². The van der Waals surface area contributed by atoms with Crippen molar-refractivity contribution in [3.05, 3.63) is 29.8 Å². The highest BCUT2D eigenvalue weighted by molar-refractivity contribution is 7.90. The Morgan fingerprint density at radius 3 is 2.27 bits per heavy atom. The Kier molecular flexibility index (Phi) is 8.07. The number of nitrogens with one attached hydrogen (secondary N) is 1. The third-order valence-electron chi connectivity index (χ3n) is 2.97. The second kappa shape index (κ2) is 8.72. The average Bonchev–Trinajstić information content (AvgIpc) is 2.37. The van der Waals surface area contributed by atoms with Gasteiger partial charge in [0.15, 0.2) is 9.84 Å². The van der Waals surface area contributed by atoms with E-state index >= 15 is 0 Å². The molecule has 0 amide bonds. The van der Waals surface area contributed by atoms with Gasteiger partial charge in [-0.05, 0) is 51.7 Å². The Morgan fingerprint density at radius 2 is 1.86 bits per heavy atom. The monoisotopic (exact) mass is 329 g/mol. The Bertz CT molecular complexity index is 578. The number of nitrogens with zero attached hydrogens (tertiary/aromatic N) is 2. The number of sulfone groups is 1. The number of rotatable bonds is 7. The molecular formula is C14H27N5O2S. The van der Waals surface area contributed by atoms with E-state index in [0.717, 1.165) is 18.5 Å². The summed E-state index contributed by atoms with van der Waals surface area (Å²) in [7, 11) is 0.830. The normalized spacial score (nSPS) is 13.6. The molecule has 22 heavy (non-hydrogen) atoms. The third-order valence-corrected chi connectivity index (χ3v) is 4.10. The van der Waals surface area contributed by atoms with Gasteiger partial charge in [-0.25, -0.2) is 8.42 Å². The van der Waals surface area contributed by atoms with Crippen LogP contribution in [0.25, 0.3) is 0 Å². The molecule has 1 aromatic carbocycles. The lowest BCUT2D eigenvalue weighted by Crippen LogP contribution is -2.24. The molecule has 1 unspecified atom stereocenters. The summed E-state index contributed by atoms with van der Waals surface area (Å²) < 4.78 is 23.0. The van der Waals surface area contributed by atoms with Crippen LogP contribution in [0.15, 0.2) is 34.3 Å². The molecule has 7 nitrogen and oxygen atoms in total. The minimum Gasteiger partial charge on any atom is -0.386 e. The van der Waals surface area contributed by atoms with E-state index in [0.29, 0.717) is 10.7 Å². The Morgan fingerprint density at radius 1 is 1.32 bits per heavy atom. The highest BCUT2D eigenvalue weighted by Crippen LogP contribution is 2.19. The Balaban J connectivity index is 0.00000441. The van der Waals surface area contributed by atoms with Gasteiger partial charge in [0.1, 0.15) is 5.84 Å². The molecular weight excluding hydrogens is 302 g/mol. The number of nitrogens with two attached hydrogens (primary N) is 1. The predicted octanol–water partition coefficient (Wildman–Crippen LogP) is 1.13. The average molecular weight is 329 g/mol. The first kappa shape index (κ1) is 20.4. The summed E-state index contributed by atoms with van der Waals surface area (Å²) >= 11 is 0. The van der Waals surface area contributed by atoms with Crippen molar-refractivity contribution >= 4 is 15.7 Å². The van der Waals surface area contributed by atoms with Crippen molar-refractivity contribution in [2.75, 3.05) is 26.9 Å². The maximum Gasteiger partial charge on any atom is 0.175 e. The zero-order valence-corrected chi connectivity index (χ0v) is 14.5. The highest BCUT2D eigenvalue weighted by Gasteiger charge is 2.13. The lowest BCUT2D eigenvalue weighted by Gasteiger charge is -2.20. The van der Waals surface area contributed by atoms with Crippen molar-refractivity contribution in [2.45, 2.75) is 24.3 Å². The number of benzene rings is 1. The van der Waals surface area contributed by atoms with Crippen LogP contribution in [0.2, 0.25) is 0 Å². The van der Waals surface area contributed by atoms with Gasteiger partial charge in [-0.15, -0.1) is 0 Å². The molecule has 1 rings (SSSR count). The zero-order valence-electron chi connectivity index (χ0n) is 13.7. The number of amidine groups is 1. The smallest absolute Gasteiger partial charge is 0.175 e. The zero-order chi connectivity index (χ0) is 16.0. The van der Waals surface area contributed by atoms with Crippen molar-refractivity contribution in [2.24, 2.45) is 10.8 Å². The van der Waals surface area contributed by atoms with Crippen molar-refractivity contribution in [3.63, 3.8) is 0 Å². The molecule has 0 spiro atoms. The van der Waals surface area contributed by atoms with Gasteiger partial charge < -0.3 is 22.2 Å². The van der Waals surface area contributed by atoms with Gasteiger partial charge in [0.2, 0.25) is 0 Å². The van der Waals surface area contributed by atoms with Crippen molar-refractivity contribution < 1.29 is 8.42 Å². The molecule has 0 bridgehead atoms. The minimum absolute atomic E-state index is 0. The quantitative estimate of drug-likeness (QED) is 0.391. The number of hydrogen-bond acceptors (Lipinski definition) is 6. The summed E-state index contributed by atoms with van der Waals surface area (Å²) in [5.74, 6) is 0.456. The van der Waals surface area contributed by atoms with Crippen molar-refractivity contribution in [1.82, 2.24) is 16.5 Å². The minimum atomic E-state index is -3.17. The summed E-state index contributed by atoms with van der Waals surface area (Å²) in [5, 5.41) is 4.06. The van der Waals surface area contributed by atoms with E-state index < -0.39 is 9.84 Å². The molecule has 1 atom stereocenters. The van der Waals surface area contributed by atoms with Crippen LogP contribution < -0.4 is 17.3 Å². The Hall–Kier alpha value is -1.64. The molecule has 1 aromatic rings. The topological polar surface area (TPSA) is 123 Å². The van der Waals surface area contributed by atoms with Crippen LogP contribution >= 0.6 is 0 Å². The van der Waals surface area contributed by atoms with Crippen LogP contribution in [0.5, 0.6) is 0 Å². The van der Waals surface area contributed by atoms with Crippen LogP contribution in [-0.2, 0) is 9.84 Å². The van der Waals surface area contributed by atoms with Gasteiger partial charge in [0.25, 0.3) is 0 Å². The molecule has 0 aromatic heterocycles. The Labute approximate surface area is 133 Å². The molecule has 0 saturated heterocycles. The SMILES string of the molecule is C/C(N)=N/NC(CCN(C)C)c1ccc(S(C)(=O)=O)cc1.N. The third kappa shape index (κ3) is 6.88. The van der Waals surface area contributed by atoms with Gasteiger partial charge in [0.05, 0.1) is 10.9 Å². The first-order valence-corrected chi connectivity index (χ1v) is 8.59. The predicted molar refractivity (Wildman–Crippen MR) is 90.9 cm³/mol. The lowest BCUT2D eigenvalue weighted by molar-refractivity contribution is 0.363. The van der Waals surface area contributed by atoms with Crippen molar-refractivity contribution in [1.29, 1.82) is 0 Å². The standard InChI is InChI=1S/C14H24N4O2S.H3N/c1-11(15)16-17-14(9-10-18(2)3)12-5-7-13(8-6-12)21(4,19)20;/h5-8,14,17H,9-10H2,1-4H3,(H2,15,16);1H3. The second-order valence-corrected chi connectivity index (χ2v) is 7.38. The van der Waals surface area contributed by atoms with Crippen LogP contribution in [0.1, 0.15) is 24.9 Å². The summed E-state index contributed by atoms with van der Waals surface area (Å²) in [5.41, 5.74) is 9.57. The highest BCUT2D eigenvalue weighted by atomic mass is 32.2. The summed E-state index contributed by atoms with van der Waals surface area (Å²) in [4.78, 5) is 2.40. The van der Waals surface area contributed by atoms with E-state index in [1.165, 1.54) is 6.26 Å². The molecule has 0 fully saturated rings. The molecule has 0 aliphatic heterocycles. The van der Waals surface area contributed by atoms with Gasteiger partial charge in [-0.1, -0.05) is 12.1 Å².